The van der Waals surface area contributed by atoms with Gasteiger partial charge in [-0.05, 0) is 42.2 Å². The Balaban J connectivity index is 1.84. The fraction of sp³-hybridized carbons (Fsp3) is 0.300. The number of hydrogen-bond donors (Lipinski definition) is 3. The zero-order chi connectivity index (χ0) is 19.6. The summed E-state index contributed by atoms with van der Waals surface area (Å²) in [6, 6.07) is 13.7. The highest BCUT2D eigenvalue weighted by atomic mass is 35.5. The highest BCUT2D eigenvalue weighted by Gasteiger charge is 2.16. The summed E-state index contributed by atoms with van der Waals surface area (Å²) >= 11 is 6.15. The van der Waals surface area contributed by atoms with E-state index in [0.717, 1.165) is 22.6 Å². The fourth-order valence-corrected chi connectivity index (χ4v) is 2.87. The third-order valence-electron chi connectivity index (χ3n) is 4.18. The summed E-state index contributed by atoms with van der Waals surface area (Å²) in [4.78, 5) is 15.9. The van der Waals surface area contributed by atoms with Gasteiger partial charge in [-0.15, -0.1) is 0 Å². The van der Waals surface area contributed by atoms with Crippen LogP contribution < -0.4 is 16.4 Å². The van der Waals surface area contributed by atoms with Gasteiger partial charge in [0.15, 0.2) is 5.96 Å². The number of nitrogens with zero attached hydrogens (tertiary/aromatic N) is 1. The molecule has 0 radical (unpaired) electrons. The molecule has 0 saturated heterocycles. The normalized spacial score (nSPS) is 12.5. The third-order valence-corrected chi connectivity index (χ3v) is 4.55. The van der Waals surface area contributed by atoms with Crippen molar-refractivity contribution in [1.29, 1.82) is 0 Å². The molecule has 1 unspecified atom stereocenters. The highest BCUT2D eigenvalue weighted by Crippen LogP contribution is 2.14. The molecule has 0 bridgehead atoms. The van der Waals surface area contributed by atoms with Gasteiger partial charge in [0.05, 0.1) is 5.92 Å². The summed E-state index contributed by atoms with van der Waals surface area (Å²) < 4.78 is 13.0. The lowest BCUT2D eigenvalue weighted by atomic mass is 9.98. The van der Waals surface area contributed by atoms with Gasteiger partial charge in [-0.3, -0.25) is 9.79 Å². The topological polar surface area (TPSA) is 79.5 Å². The molecule has 4 N–H and O–H groups in total. The average Bonchev–Trinajstić information content (AvgIpc) is 2.66. The molecule has 2 rings (SSSR count). The summed E-state index contributed by atoms with van der Waals surface area (Å²) in [5.41, 5.74) is 7.41. The maximum absolute atomic E-state index is 13.0. The van der Waals surface area contributed by atoms with Crippen LogP contribution in [0.1, 0.15) is 11.1 Å². The Morgan fingerprint density at radius 1 is 1.19 bits per heavy atom. The Kier molecular flexibility index (Phi) is 8.07. The molecule has 0 spiro atoms. The fourth-order valence-electron chi connectivity index (χ4n) is 2.64. The first-order valence-corrected chi connectivity index (χ1v) is 9.09. The second kappa shape index (κ2) is 10.5. The lowest BCUT2D eigenvalue weighted by molar-refractivity contribution is -0.121. The van der Waals surface area contributed by atoms with E-state index in [1.165, 1.54) is 12.1 Å². The number of nitrogens with two attached hydrogens (primary N) is 1. The van der Waals surface area contributed by atoms with Gasteiger partial charge in [0.25, 0.3) is 0 Å². The zero-order valence-electron chi connectivity index (χ0n) is 15.2. The summed E-state index contributed by atoms with van der Waals surface area (Å²) in [7, 11) is 1.66. The lowest BCUT2D eigenvalue weighted by Gasteiger charge is -2.17. The smallest absolute Gasteiger partial charge is 0.222 e. The minimum atomic E-state index is -0.433. The molecule has 1 atom stereocenters. The lowest BCUT2D eigenvalue weighted by Crippen LogP contribution is -2.43. The molecule has 0 aromatic heterocycles. The number of primary amides is 1. The number of benzene rings is 2. The molecule has 144 valence electrons. The minimum absolute atomic E-state index is 0.310. The number of hydrogen-bond acceptors (Lipinski definition) is 2. The molecular weight excluding hydrogens is 367 g/mol. The Morgan fingerprint density at radius 2 is 1.89 bits per heavy atom. The van der Waals surface area contributed by atoms with Gasteiger partial charge in [-0.25, -0.2) is 4.39 Å². The first kappa shape index (κ1) is 20.7. The molecule has 2 aromatic carbocycles. The predicted octanol–water partition coefficient (Wildman–Crippen LogP) is 2.53. The molecule has 1 amide bonds. The van der Waals surface area contributed by atoms with Crippen LogP contribution in [-0.2, 0) is 17.6 Å². The molecule has 0 aliphatic rings. The van der Waals surface area contributed by atoms with E-state index >= 15 is 0 Å². The van der Waals surface area contributed by atoms with Crippen molar-refractivity contribution in [1.82, 2.24) is 10.6 Å². The van der Waals surface area contributed by atoms with Crippen molar-refractivity contribution in [2.24, 2.45) is 16.6 Å². The van der Waals surface area contributed by atoms with Gasteiger partial charge in [0.2, 0.25) is 5.91 Å². The maximum Gasteiger partial charge on any atom is 0.222 e. The van der Waals surface area contributed by atoms with E-state index in [1.807, 2.05) is 24.3 Å². The van der Waals surface area contributed by atoms with Crippen LogP contribution in [0.4, 0.5) is 4.39 Å². The van der Waals surface area contributed by atoms with Crippen LogP contribution in [0.5, 0.6) is 0 Å². The van der Waals surface area contributed by atoms with Crippen LogP contribution in [0, 0.1) is 11.7 Å². The largest absolute Gasteiger partial charge is 0.369 e. The van der Waals surface area contributed by atoms with Gasteiger partial charge in [-0.1, -0.05) is 41.9 Å². The zero-order valence-corrected chi connectivity index (χ0v) is 16.0. The van der Waals surface area contributed by atoms with E-state index in [0.29, 0.717) is 25.5 Å². The first-order valence-electron chi connectivity index (χ1n) is 8.71. The molecule has 2 aromatic rings. The second-order valence-corrected chi connectivity index (χ2v) is 6.56. The van der Waals surface area contributed by atoms with Crippen molar-refractivity contribution < 1.29 is 9.18 Å². The third kappa shape index (κ3) is 6.90. The number of guanidine groups is 1. The maximum atomic E-state index is 13.0. The van der Waals surface area contributed by atoms with Crippen LogP contribution in [-0.4, -0.2) is 32.0 Å². The average molecular weight is 391 g/mol. The number of rotatable bonds is 8. The SMILES string of the molecule is CN=C(NCCc1ccccc1Cl)NCC(Cc1ccc(F)cc1)C(N)=O. The number of carbonyl (C=O) groups is 1. The van der Waals surface area contributed by atoms with Crippen molar-refractivity contribution >= 4 is 23.5 Å². The van der Waals surface area contributed by atoms with Gasteiger partial charge in [0.1, 0.15) is 5.82 Å². The quantitative estimate of drug-likeness (QED) is 0.478. The van der Waals surface area contributed by atoms with E-state index < -0.39 is 11.8 Å². The van der Waals surface area contributed by atoms with E-state index in [4.69, 9.17) is 17.3 Å². The molecule has 0 heterocycles. The molecule has 0 aliphatic heterocycles. The highest BCUT2D eigenvalue weighted by molar-refractivity contribution is 6.31. The van der Waals surface area contributed by atoms with Gasteiger partial charge < -0.3 is 16.4 Å². The van der Waals surface area contributed by atoms with Crippen LogP contribution in [0.2, 0.25) is 5.02 Å². The molecular formula is C20H24ClFN4O. The molecule has 27 heavy (non-hydrogen) atoms. The number of carbonyl (C=O) groups excluding carboxylic acids is 1. The molecule has 0 aliphatic carbocycles. The monoisotopic (exact) mass is 390 g/mol. The van der Waals surface area contributed by atoms with Gasteiger partial charge in [-0.2, -0.15) is 0 Å². The van der Waals surface area contributed by atoms with Crippen LogP contribution in [0.25, 0.3) is 0 Å². The van der Waals surface area contributed by atoms with Crippen molar-refractivity contribution in [3.8, 4) is 0 Å². The van der Waals surface area contributed by atoms with Crippen molar-refractivity contribution in [3.63, 3.8) is 0 Å². The van der Waals surface area contributed by atoms with E-state index in [-0.39, 0.29) is 5.82 Å². The van der Waals surface area contributed by atoms with E-state index in [9.17, 15) is 9.18 Å². The predicted molar refractivity (Wildman–Crippen MR) is 107 cm³/mol. The summed E-state index contributed by atoms with van der Waals surface area (Å²) in [6.45, 7) is 0.973. The van der Waals surface area contributed by atoms with Gasteiger partial charge in [0, 0.05) is 25.2 Å². The first-order chi connectivity index (χ1) is 13.0. The van der Waals surface area contributed by atoms with Crippen molar-refractivity contribution in [2.75, 3.05) is 20.1 Å². The number of aliphatic imine (C=N–C) groups is 1. The minimum Gasteiger partial charge on any atom is -0.369 e. The summed E-state index contributed by atoms with van der Waals surface area (Å²) in [5.74, 6) is -0.584. The van der Waals surface area contributed by atoms with Crippen molar-refractivity contribution in [3.05, 3.63) is 70.5 Å². The van der Waals surface area contributed by atoms with Crippen LogP contribution >= 0.6 is 11.6 Å². The molecule has 5 nitrogen and oxygen atoms in total. The van der Waals surface area contributed by atoms with Crippen LogP contribution in [0.15, 0.2) is 53.5 Å². The van der Waals surface area contributed by atoms with E-state index in [2.05, 4.69) is 15.6 Å². The van der Waals surface area contributed by atoms with Gasteiger partial charge >= 0.3 is 0 Å². The summed E-state index contributed by atoms with van der Waals surface area (Å²) in [5, 5.41) is 7.04. The standard InChI is InChI=1S/C20H24ClFN4O/c1-24-20(25-11-10-15-4-2-3-5-18(15)21)26-13-16(19(23)27)12-14-6-8-17(22)9-7-14/h2-9,16H,10-13H2,1H3,(H2,23,27)(H2,24,25,26). The molecule has 7 heteroatoms. The summed E-state index contributed by atoms with van der Waals surface area (Å²) in [6.07, 6.45) is 1.18. The number of halogens is 2. The van der Waals surface area contributed by atoms with Crippen LogP contribution in [0.3, 0.4) is 0 Å². The Bertz CT molecular complexity index is 780. The molecule has 0 saturated carbocycles. The Hall–Kier alpha value is -2.60. The number of nitrogens with one attached hydrogen (secondary N) is 2. The molecule has 0 fully saturated rings. The Labute approximate surface area is 163 Å². The van der Waals surface area contributed by atoms with Crippen molar-refractivity contribution in [2.45, 2.75) is 12.8 Å². The number of amides is 1. The van der Waals surface area contributed by atoms with E-state index in [1.54, 1.807) is 19.2 Å². The second-order valence-electron chi connectivity index (χ2n) is 6.15. The Morgan fingerprint density at radius 3 is 2.52 bits per heavy atom.